The van der Waals surface area contributed by atoms with E-state index in [1.807, 2.05) is 36.7 Å². The number of carbonyl (C=O) groups excluding carboxylic acids is 1. The van der Waals surface area contributed by atoms with E-state index in [1.54, 1.807) is 0 Å². The average molecular weight is 292 g/mol. The van der Waals surface area contributed by atoms with Crippen molar-refractivity contribution in [3.8, 4) is 0 Å². The van der Waals surface area contributed by atoms with Crippen LogP contribution in [-0.2, 0) is 18.3 Å². The van der Waals surface area contributed by atoms with E-state index in [0.717, 1.165) is 38.9 Å². The van der Waals surface area contributed by atoms with Crippen LogP contribution in [0.4, 0.5) is 0 Å². The summed E-state index contributed by atoms with van der Waals surface area (Å²) >= 11 is 0. The summed E-state index contributed by atoms with van der Waals surface area (Å²) in [6, 6.07) is 2.09. The highest BCUT2D eigenvalue weighted by atomic mass is 16.2. The molecule has 0 radical (unpaired) electrons. The van der Waals surface area contributed by atoms with Crippen molar-refractivity contribution < 1.29 is 4.79 Å². The van der Waals surface area contributed by atoms with E-state index in [2.05, 4.69) is 16.5 Å². The van der Waals surface area contributed by atoms with Crippen molar-refractivity contribution in [2.75, 3.05) is 19.6 Å². The van der Waals surface area contributed by atoms with Crippen LogP contribution < -0.4 is 5.32 Å². The van der Waals surface area contributed by atoms with Gasteiger partial charge in [-0.05, 0) is 58.1 Å². The molecule has 1 saturated heterocycles. The highest BCUT2D eigenvalue weighted by molar-refractivity contribution is 5.82. The molecule has 21 heavy (non-hydrogen) atoms. The summed E-state index contributed by atoms with van der Waals surface area (Å²) in [4.78, 5) is 14.4. The van der Waals surface area contributed by atoms with Crippen LogP contribution in [0.25, 0.3) is 0 Å². The fourth-order valence-corrected chi connectivity index (χ4v) is 3.20. The summed E-state index contributed by atoms with van der Waals surface area (Å²) in [6.07, 6.45) is 6.17. The number of hydrogen-bond donors (Lipinski definition) is 1. The van der Waals surface area contributed by atoms with E-state index in [1.165, 1.54) is 12.1 Å². The summed E-state index contributed by atoms with van der Waals surface area (Å²) in [5.41, 5.74) is 1.28. The van der Waals surface area contributed by atoms with E-state index in [0.29, 0.717) is 5.92 Å². The molecule has 5 nitrogen and oxygen atoms in total. The Kier molecular flexibility index (Phi) is 5.79. The maximum atomic E-state index is 12.4. The number of piperidine rings is 1. The second-order valence-electron chi connectivity index (χ2n) is 5.89. The fraction of sp³-hybridized carbons (Fsp3) is 0.750. The predicted molar refractivity (Wildman–Crippen MR) is 84.0 cm³/mol. The standard InChI is InChI=1S/C16H28N4O/c1-4-20(5-2)16(21)15-12-13(8-10-17-15)6-7-14-9-11-18-19(14)3/h9,11,13,15,17H,4-8,10,12H2,1-3H3. The normalized spacial score (nSPS) is 22.2. The Morgan fingerprint density at radius 1 is 1.48 bits per heavy atom. The van der Waals surface area contributed by atoms with Crippen LogP contribution in [-0.4, -0.2) is 46.3 Å². The van der Waals surface area contributed by atoms with Gasteiger partial charge in [-0.1, -0.05) is 0 Å². The molecule has 1 N–H and O–H groups in total. The third-order valence-corrected chi connectivity index (χ3v) is 4.62. The maximum Gasteiger partial charge on any atom is 0.239 e. The second kappa shape index (κ2) is 7.59. The molecule has 0 bridgehead atoms. The van der Waals surface area contributed by atoms with Crippen LogP contribution in [0.15, 0.2) is 12.3 Å². The number of rotatable bonds is 6. The van der Waals surface area contributed by atoms with E-state index < -0.39 is 0 Å². The summed E-state index contributed by atoms with van der Waals surface area (Å²) < 4.78 is 1.94. The average Bonchev–Trinajstić information content (AvgIpc) is 2.92. The third-order valence-electron chi connectivity index (χ3n) is 4.62. The topological polar surface area (TPSA) is 50.2 Å². The quantitative estimate of drug-likeness (QED) is 0.866. The SMILES string of the molecule is CCN(CC)C(=O)C1CC(CCc2ccnn2C)CCN1. The van der Waals surface area contributed by atoms with Crippen molar-refractivity contribution in [3.63, 3.8) is 0 Å². The summed E-state index contributed by atoms with van der Waals surface area (Å²) in [6.45, 7) is 6.64. The van der Waals surface area contributed by atoms with E-state index in [9.17, 15) is 4.79 Å². The van der Waals surface area contributed by atoms with Crippen LogP contribution in [0.1, 0.15) is 38.8 Å². The molecule has 0 aliphatic carbocycles. The number of amides is 1. The van der Waals surface area contributed by atoms with Crippen molar-refractivity contribution in [1.82, 2.24) is 20.0 Å². The smallest absolute Gasteiger partial charge is 0.239 e. The Balaban J connectivity index is 1.86. The molecule has 1 aromatic rings. The number of aryl methyl sites for hydroxylation is 2. The number of nitrogens with one attached hydrogen (secondary N) is 1. The lowest BCUT2D eigenvalue weighted by Crippen LogP contribution is -2.50. The molecule has 2 rings (SSSR count). The third kappa shape index (κ3) is 4.06. The van der Waals surface area contributed by atoms with Gasteiger partial charge >= 0.3 is 0 Å². The Labute approximate surface area is 127 Å². The van der Waals surface area contributed by atoms with Gasteiger partial charge in [0.2, 0.25) is 5.91 Å². The molecule has 1 fully saturated rings. The molecular weight excluding hydrogens is 264 g/mol. The minimum Gasteiger partial charge on any atom is -0.342 e. The number of carbonyl (C=O) groups is 1. The largest absolute Gasteiger partial charge is 0.342 e. The first-order chi connectivity index (χ1) is 10.2. The maximum absolute atomic E-state index is 12.4. The zero-order valence-corrected chi connectivity index (χ0v) is 13.5. The van der Waals surface area contributed by atoms with Gasteiger partial charge in [0.15, 0.2) is 0 Å². The Hall–Kier alpha value is -1.36. The van der Waals surface area contributed by atoms with Crippen LogP contribution in [0.3, 0.4) is 0 Å². The first-order valence-corrected chi connectivity index (χ1v) is 8.14. The lowest BCUT2D eigenvalue weighted by molar-refractivity contribution is -0.134. The van der Waals surface area contributed by atoms with Crippen LogP contribution in [0.2, 0.25) is 0 Å². The first kappa shape index (κ1) is 16.0. The minimum absolute atomic E-state index is 0.00943. The van der Waals surface area contributed by atoms with Crippen LogP contribution >= 0.6 is 0 Å². The van der Waals surface area contributed by atoms with Crippen molar-refractivity contribution in [1.29, 1.82) is 0 Å². The van der Waals surface area contributed by atoms with Gasteiger partial charge in [0.1, 0.15) is 0 Å². The van der Waals surface area contributed by atoms with E-state index >= 15 is 0 Å². The van der Waals surface area contributed by atoms with Gasteiger partial charge in [-0.25, -0.2) is 0 Å². The van der Waals surface area contributed by atoms with Crippen molar-refractivity contribution in [2.45, 2.75) is 45.6 Å². The monoisotopic (exact) mass is 292 g/mol. The summed E-state index contributed by atoms with van der Waals surface area (Å²) in [5, 5.41) is 7.61. The molecule has 1 aromatic heterocycles. The molecule has 1 amide bonds. The zero-order valence-electron chi connectivity index (χ0n) is 13.5. The minimum atomic E-state index is 0.00943. The second-order valence-corrected chi connectivity index (χ2v) is 5.89. The molecule has 2 heterocycles. The molecular formula is C16H28N4O. The molecule has 1 aliphatic heterocycles. The fourth-order valence-electron chi connectivity index (χ4n) is 3.20. The van der Waals surface area contributed by atoms with Crippen molar-refractivity contribution >= 4 is 5.91 Å². The van der Waals surface area contributed by atoms with Gasteiger partial charge in [0.25, 0.3) is 0 Å². The van der Waals surface area contributed by atoms with Crippen molar-refractivity contribution in [2.24, 2.45) is 13.0 Å². The van der Waals surface area contributed by atoms with Crippen LogP contribution in [0.5, 0.6) is 0 Å². The molecule has 2 unspecified atom stereocenters. The van der Waals surface area contributed by atoms with Crippen LogP contribution in [0, 0.1) is 5.92 Å². The molecule has 0 saturated carbocycles. The van der Waals surface area contributed by atoms with Gasteiger partial charge in [0, 0.05) is 32.0 Å². The molecule has 1 aliphatic rings. The van der Waals surface area contributed by atoms with Gasteiger partial charge in [-0.15, -0.1) is 0 Å². The van der Waals surface area contributed by atoms with Gasteiger partial charge in [-0.2, -0.15) is 5.10 Å². The molecule has 2 atom stereocenters. The molecule has 118 valence electrons. The van der Waals surface area contributed by atoms with E-state index in [-0.39, 0.29) is 11.9 Å². The number of nitrogens with zero attached hydrogens (tertiary/aromatic N) is 3. The van der Waals surface area contributed by atoms with Gasteiger partial charge in [0.05, 0.1) is 6.04 Å². The molecule has 0 aromatic carbocycles. The van der Waals surface area contributed by atoms with E-state index in [4.69, 9.17) is 0 Å². The van der Waals surface area contributed by atoms with Gasteiger partial charge in [-0.3, -0.25) is 9.48 Å². The highest BCUT2D eigenvalue weighted by Crippen LogP contribution is 2.22. The Morgan fingerprint density at radius 2 is 2.24 bits per heavy atom. The highest BCUT2D eigenvalue weighted by Gasteiger charge is 2.28. The van der Waals surface area contributed by atoms with Gasteiger partial charge < -0.3 is 10.2 Å². The number of likely N-dealkylation sites (N-methyl/N-ethyl adjacent to an activating group) is 1. The Bertz CT molecular complexity index is 453. The summed E-state index contributed by atoms with van der Waals surface area (Å²) in [5.74, 6) is 0.899. The Morgan fingerprint density at radius 3 is 2.86 bits per heavy atom. The first-order valence-electron chi connectivity index (χ1n) is 8.14. The number of hydrogen-bond acceptors (Lipinski definition) is 3. The predicted octanol–water partition coefficient (Wildman–Crippen LogP) is 1.59. The zero-order chi connectivity index (χ0) is 15.2. The molecule has 0 spiro atoms. The molecule has 5 heteroatoms. The van der Waals surface area contributed by atoms with Crippen molar-refractivity contribution in [3.05, 3.63) is 18.0 Å². The lowest BCUT2D eigenvalue weighted by Gasteiger charge is -2.32. The lowest BCUT2D eigenvalue weighted by atomic mass is 9.87. The number of aromatic nitrogens is 2. The summed E-state index contributed by atoms with van der Waals surface area (Å²) in [7, 11) is 1.99.